The van der Waals surface area contributed by atoms with Crippen LogP contribution in [0.3, 0.4) is 0 Å². The first-order valence-corrected chi connectivity index (χ1v) is 8.86. The number of hydrogen-bond donors (Lipinski definition) is 1. The highest BCUT2D eigenvalue weighted by Crippen LogP contribution is 2.21. The second-order valence-corrected chi connectivity index (χ2v) is 7.33. The van der Waals surface area contributed by atoms with Crippen molar-refractivity contribution in [2.45, 2.75) is 52.1 Å². The highest BCUT2D eigenvalue weighted by atomic mass is 32.2. The van der Waals surface area contributed by atoms with Crippen LogP contribution in [0, 0.1) is 20.8 Å². The van der Waals surface area contributed by atoms with E-state index < -0.39 is 10.0 Å². The van der Waals surface area contributed by atoms with Crippen molar-refractivity contribution in [3.05, 3.63) is 46.8 Å². The standard InChI is InChI=1S/C16H23N3O2S/c1-6-19-10-16(13(4)17-19)14(5)18-22(20,21)15-8-7-11(2)12(3)9-15/h7-10,14,18H,6H2,1-5H3. The van der Waals surface area contributed by atoms with E-state index in [1.165, 1.54) is 0 Å². The van der Waals surface area contributed by atoms with E-state index in [9.17, 15) is 8.42 Å². The Morgan fingerprint density at radius 3 is 2.45 bits per heavy atom. The van der Waals surface area contributed by atoms with E-state index in [4.69, 9.17) is 0 Å². The third-order valence-corrected chi connectivity index (χ3v) is 5.43. The Morgan fingerprint density at radius 1 is 1.23 bits per heavy atom. The molecule has 0 fully saturated rings. The molecule has 1 aromatic heterocycles. The van der Waals surface area contributed by atoms with Gasteiger partial charge in [0.2, 0.25) is 10.0 Å². The van der Waals surface area contributed by atoms with Gasteiger partial charge in [0, 0.05) is 24.3 Å². The van der Waals surface area contributed by atoms with Crippen molar-refractivity contribution in [3.8, 4) is 0 Å². The fourth-order valence-electron chi connectivity index (χ4n) is 2.37. The van der Waals surface area contributed by atoms with Crippen molar-refractivity contribution in [2.75, 3.05) is 0 Å². The van der Waals surface area contributed by atoms with Gasteiger partial charge in [0.1, 0.15) is 0 Å². The maximum absolute atomic E-state index is 12.5. The van der Waals surface area contributed by atoms with Gasteiger partial charge in [0.25, 0.3) is 0 Å². The minimum atomic E-state index is -3.55. The summed E-state index contributed by atoms with van der Waals surface area (Å²) >= 11 is 0. The third-order valence-electron chi connectivity index (χ3n) is 3.90. The number of sulfonamides is 1. The molecule has 1 N–H and O–H groups in total. The maximum atomic E-state index is 12.5. The summed E-state index contributed by atoms with van der Waals surface area (Å²) in [5.41, 5.74) is 3.78. The first kappa shape index (κ1) is 16.7. The molecule has 22 heavy (non-hydrogen) atoms. The monoisotopic (exact) mass is 321 g/mol. The molecule has 0 saturated heterocycles. The fourth-order valence-corrected chi connectivity index (χ4v) is 3.67. The summed E-state index contributed by atoms with van der Waals surface area (Å²) in [6, 6.07) is 4.84. The summed E-state index contributed by atoms with van der Waals surface area (Å²) in [6.45, 7) is 10.4. The van der Waals surface area contributed by atoms with Crippen LogP contribution in [0.4, 0.5) is 0 Å². The van der Waals surface area contributed by atoms with Gasteiger partial charge in [-0.25, -0.2) is 13.1 Å². The number of benzene rings is 1. The SMILES string of the molecule is CCn1cc(C(C)NS(=O)(=O)c2ccc(C)c(C)c2)c(C)n1. The van der Waals surface area contributed by atoms with E-state index in [1.807, 2.05) is 51.6 Å². The zero-order valence-electron chi connectivity index (χ0n) is 13.7. The molecule has 1 atom stereocenters. The van der Waals surface area contributed by atoms with Crippen molar-refractivity contribution in [1.82, 2.24) is 14.5 Å². The van der Waals surface area contributed by atoms with E-state index in [1.54, 1.807) is 12.1 Å². The van der Waals surface area contributed by atoms with Gasteiger partial charge >= 0.3 is 0 Å². The summed E-state index contributed by atoms with van der Waals surface area (Å²) in [7, 11) is -3.55. The van der Waals surface area contributed by atoms with Crippen LogP contribution in [-0.4, -0.2) is 18.2 Å². The van der Waals surface area contributed by atoms with Crippen LogP contribution in [0.15, 0.2) is 29.3 Å². The van der Waals surface area contributed by atoms with Gasteiger partial charge in [0.15, 0.2) is 0 Å². The summed E-state index contributed by atoms with van der Waals surface area (Å²) < 4.78 is 29.6. The first-order valence-electron chi connectivity index (χ1n) is 7.38. The zero-order valence-corrected chi connectivity index (χ0v) is 14.5. The molecule has 0 bridgehead atoms. The van der Waals surface area contributed by atoms with Crippen LogP contribution in [0.1, 0.15) is 42.3 Å². The first-order chi connectivity index (χ1) is 10.2. The van der Waals surface area contributed by atoms with Crippen molar-refractivity contribution in [2.24, 2.45) is 0 Å². The zero-order chi connectivity index (χ0) is 16.5. The number of aryl methyl sites for hydroxylation is 4. The van der Waals surface area contributed by atoms with E-state index in [0.717, 1.165) is 28.9 Å². The molecule has 0 saturated carbocycles. The van der Waals surface area contributed by atoms with E-state index in [0.29, 0.717) is 4.90 Å². The molecule has 1 unspecified atom stereocenters. The topological polar surface area (TPSA) is 64.0 Å². The summed E-state index contributed by atoms with van der Waals surface area (Å²) in [5, 5.41) is 4.36. The average molecular weight is 321 g/mol. The van der Waals surface area contributed by atoms with Crippen LogP contribution in [0.2, 0.25) is 0 Å². The van der Waals surface area contributed by atoms with Crippen LogP contribution in [0.25, 0.3) is 0 Å². The Labute approximate surface area is 132 Å². The lowest BCUT2D eigenvalue weighted by molar-refractivity contribution is 0.566. The number of nitrogens with zero attached hydrogens (tertiary/aromatic N) is 2. The molecule has 0 aliphatic rings. The second-order valence-electron chi connectivity index (χ2n) is 5.61. The van der Waals surface area contributed by atoms with Gasteiger partial charge in [-0.3, -0.25) is 4.68 Å². The van der Waals surface area contributed by atoms with E-state index in [2.05, 4.69) is 9.82 Å². The molecule has 2 aromatic rings. The molecular formula is C16H23N3O2S. The molecule has 6 heteroatoms. The Kier molecular flexibility index (Phi) is 4.72. The molecule has 0 radical (unpaired) electrons. The molecule has 2 rings (SSSR count). The Bertz CT molecular complexity index is 779. The molecule has 1 heterocycles. The maximum Gasteiger partial charge on any atom is 0.241 e. The number of rotatable bonds is 5. The highest BCUT2D eigenvalue weighted by molar-refractivity contribution is 7.89. The molecule has 0 aliphatic heterocycles. The summed E-state index contributed by atoms with van der Waals surface area (Å²) in [6.07, 6.45) is 1.89. The highest BCUT2D eigenvalue weighted by Gasteiger charge is 2.21. The number of aromatic nitrogens is 2. The largest absolute Gasteiger partial charge is 0.272 e. The lowest BCUT2D eigenvalue weighted by Gasteiger charge is -2.14. The minimum Gasteiger partial charge on any atom is -0.272 e. The van der Waals surface area contributed by atoms with Gasteiger partial charge < -0.3 is 0 Å². The van der Waals surface area contributed by atoms with Crippen LogP contribution in [-0.2, 0) is 16.6 Å². The van der Waals surface area contributed by atoms with Crippen LogP contribution in [0.5, 0.6) is 0 Å². The molecule has 0 spiro atoms. The normalized spacial score (nSPS) is 13.3. The predicted octanol–water partition coefficient (Wildman–Crippen LogP) is 2.87. The Hall–Kier alpha value is -1.66. The second kappa shape index (κ2) is 6.22. The fraction of sp³-hybridized carbons (Fsp3) is 0.438. The van der Waals surface area contributed by atoms with Gasteiger partial charge in [-0.2, -0.15) is 5.10 Å². The van der Waals surface area contributed by atoms with Gasteiger partial charge in [0.05, 0.1) is 10.6 Å². The third kappa shape index (κ3) is 3.39. The van der Waals surface area contributed by atoms with Gasteiger partial charge in [-0.1, -0.05) is 6.07 Å². The number of hydrogen-bond acceptors (Lipinski definition) is 3. The average Bonchev–Trinajstić information content (AvgIpc) is 2.82. The molecule has 120 valence electrons. The van der Waals surface area contributed by atoms with Crippen LogP contribution >= 0.6 is 0 Å². The Balaban J connectivity index is 2.27. The van der Waals surface area contributed by atoms with Gasteiger partial charge in [-0.05, 0) is 57.9 Å². The van der Waals surface area contributed by atoms with E-state index in [-0.39, 0.29) is 6.04 Å². The van der Waals surface area contributed by atoms with Crippen molar-refractivity contribution >= 4 is 10.0 Å². The van der Waals surface area contributed by atoms with E-state index >= 15 is 0 Å². The summed E-state index contributed by atoms with van der Waals surface area (Å²) in [5.74, 6) is 0. The minimum absolute atomic E-state index is 0.294. The lowest BCUT2D eigenvalue weighted by atomic mass is 10.1. The smallest absolute Gasteiger partial charge is 0.241 e. The van der Waals surface area contributed by atoms with Crippen molar-refractivity contribution in [3.63, 3.8) is 0 Å². The predicted molar refractivity (Wildman–Crippen MR) is 87.3 cm³/mol. The summed E-state index contributed by atoms with van der Waals surface area (Å²) in [4.78, 5) is 0.294. The molecular weight excluding hydrogens is 298 g/mol. The Morgan fingerprint density at radius 2 is 1.91 bits per heavy atom. The molecule has 1 aromatic carbocycles. The lowest BCUT2D eigenvalue weighted by Crippen LogP contribution is -2.27. The molecule has 0 aliphatic carbocycles. The molecule has 5 nitrogen and oxygen atoms in total. The quantitative estimate of drug-likeness (QED) is 0.921. The van der Waals surface area contributed by atoms with Crippen molar-refractivity contribution < 1.29 is 8.42 Å². The number of nitrogens with one attached hydrogen (secondary N) is 1. The molecule has 0 amide bonds. The van der Waals surface area contributed by atoms with Crippen molar-refractivity contribution in [1.29, 1.82) is 0 Å². The van der Waals surface area contributed by atoms with Gasteiger partial charge in [-0.15, -0.1) is 0 Å². The van der Waals surface area contributed by atoms with Crippen LogP contribution < -0.4 is 4.72 Å².